The van der Waals surface area contributed by atoms with Gasteiger partial charge in [0.15, 0.2) is 0 Å². The normalized spacial score (nSPS) is 19.0. The third-order valence-corrected chi connectivity index (χ3v) is 4.92. The predicted octanol–water partition coefficient (Wildman–Crippen LogP) is 3.60. The second kappa shape index (κ2) is 5.95. The molecule has 1 atom stereocenters. The third-order valence-electron chi connectivity index (χ3n) is 3.80. The van der Waals surface area contributed by atoms with E-state index < -0.39 is 5.97 Å². The number of aliphatic carboxylic acids is 1. The van der Waals surface area contributed by atoms with E-state index in [0.29, 0.717) is 6.54 Å². The number of halogens is 1. The van der Waals surface area contributed by atoms with E-state index in [1.54, 1.807) is 23.5 Å². The van der Waals surface area contributed by atoms with Gasteiger partial charge in [-0.15, -0.1) is 11.3 Å². The van der Waals surface area contributed by atoms with Crippen LogP contribution >= 0.6 is 11.3 Å². The molecule has 0 spiro atoms. The number of hydrogen-bond donors (Lipinski definition) is 1. The number of rotatable bonds is 4. The van der Waals surface area contributed by atoms with Gasteiger partial charge in [0.25, 0.3) is 0 Å². The lowest BCUT2D eigenvalue weighted by molar-refractivity contribution is -0.142. The van der Waals surface area contributed by atoms with E-state index >= 15 is 0 Å². The van der Waals surface area contributed by atoms with Crippen molar-refractivity contribution in [1.29, 1.82) is 0 Å². The van der Waals surface area contributed by atoms with Gasteiger partial charge in [-0.2, -0.15) is 0 Å². The van der Waals surface area contributed by atoms with Gasteiger partial charge in [-0.1, -0.05) is 12.1 Å². The highest BCUT2D eigenvalue weighted by molar-refractivity contribution is 7.15. The fourth-order valence-electron chi connectivity index (χ4n) is 2.73. The molecule has 0 radical (unpaired) electrons. The van der Waals surface area contributed by atoms with Crippen LogP contribution in [0.1, 0.15) is 17.7 Å². The first-order chi connectivity index (χ1) is 10.1. The highest BCUT2D eigenvalue weighted by atomic mass is 32.1. The number of carboxylic acid groups (broad SMARTS) is 1. The fourth-order valence-corrected chi connectivity index (χ4v) is 3.77. The van der Waals surface area contributed by atoms with Crippen LogP contribution in [0.15, 0.2) is 36.4 Å². The summed E-state index contributed by atoms with van der Waals surface area (Å²) in [7, 11) is 0. The SMILES string of the molecule is O=C(O)[C@@H]1CCCN1Cc1ccc(-c2ccc(F)cc2)s1. The van der Waals surface area contributed by atoms with Crippen LogP contribution in [0.2, 0.25) is 0 Å². The molecule has 5 heteroatoms. The molecule has 3 nitrogen and oxygen atoms in total. The average molecular weight is 305 g/mol. The monoisotopic (exact) mass is 305 g/mol. The highest BCUT2D eigenvalue weighted by Crippen LogP contribution is 2.30. The molecule has 1 aromatic heterocycles. The molecule has 1 N–H and O–H groups in total. The number of thiophene rings is 1. The number of nitrogens with zero attached hydrogens (tertiary/aromatic N) is 1. The van der Waals surface area contributed by atoms with Gasteiger partial charge in [-0.05, 0) is 49.2 Å². The number of likely N-dealkylation sites (tertiary alicyclic amines) is 1. The summed E-state index contributed by atoms with van der Waals surface area (Å²) in [4.78, 5) is 15.4. The van der Waals surface area contributed by atoms with E-state index in [1.165, 1.54) is 12.1 Å². The van der Waals surface area contributed by atoms with Crippen molar-refractivity contribution in [2.45, 2.75) is 25.4 Å². The maximum absolute atomic E-state index is 12.9. The minimum absolute atomic E-state index is 0.239. The van der Waals surface area contributed by atoms with Crippen LogP contribution in [0.5, 0.6) is 0 Å². The van der Waals surface area contributed by atoms with Crippen molar-refractivity contribution < 1.29 is 14.3 Å². The Kier molecular flexibility index (Phi) is 4.03. The van der Waals surface area contributed by atoms with Crippen molar-refractivity contribution in [2.24, 2.45) is 0 Å². The zero-order chi connectivity index (χ0) is 14.8. The van der Waals surface area contributed by atoms with Gasteiger partial charge in [-0.3, -0.25) is 9.69 Å². The molecule has 1 aromatic carbocycles. The lowest BCUT2D eigenvalue weighted by atomic mass is 10.2. The van der Waals surface area contributed by atoms with Gasteiger partial charge in [0.1, 0.15) is 11.9 Å². The molecular formula is C16H16FNO2S. The van der Waals surface area contributed by atoms with Crippen LogP contribution in [0.25, 0.3) is 10.4 Å². The average Bonchev–Trinajstić information content (AvgIpc) is 3.09. The van der Waals surface area contributed by atoms with Gasteiger partial charge >= 0.3 is 5.97 Å². The second-order valence-corrected chi connectivity index (χ2v) is 6.41. The van der Waals surface area contributed by atoms with Crippen LogP contribution in [-0.2, 0) is 11.3 Å². The largest absolute Gasteiger partial charge is 0.480 e. The Hall–Kier alpha value is -1.72. The molecule has 0 bridgehead atoms. The lowest BCUT2D eigenvalue weighted by Gasteiger charge is -2.19. The molecule has 2 heterocycles. The summed E-state index contributed by atoms with van der Waals surface area (Å²) in [5, 5.41) is 9.20. The molecular weight excluding hydrogens is 289 g/mol. The Bertz CT molecular complexity index is 638. The maximum Gasteiger partial charge on any atom is 0.320 e. The number of carboxylic acids is 1. The summed E-state index contributed by atoms with van der Waals surface area (Å²) in [6.45, 7) is 1.50. The van der Waals surface area contributed by atoms with Crippen LogP contribution in [0.3, 0.4) is 0 Å². The summed E-state index contributed by atoms with van der Waals surface area (Å²) in [6, 6.07) is 10.1. The van der Waals surface area contributed by atoms with E-state index in [1.807, 2.05) is 17.0 Å². The molecule has 0 unspecified atom stereocenters. The van der Waals surface area contributed by atoms with Crippen LogP contribution in [-0.4, -0.2) is 28.6 Å². The molecule has 1 saturated heterocycles. The second-order valence-electron chi connectivity index (χ2n) is 5.24. The molecule has 110 valence electrons. The van der Waals surface area contributed by atoms with Gasteiger partial charge in [0.05, 0.1) is 0 Å². The van der Waals surface area contributed by atoms with Crippen LogP contribution < -0.4 is 0 Å². The standard InChI is InChI=1S/C16H16FNO2S/c17-12-5-3-11(4-6-12)15-8-7-13(21-15)10-18-9-1-2-14(18)16(19)20/h3-8,14H,1-2,9-10H2,(H,19,20)/t14-/m0/s1. The Morgan fingerprint density at radius 3 is 2.76 bits per heavy atom. The van der Waals surface area contributed by atoms with Crippen molar-refractivity contribution in [3.63, 3.8) is 0 Å². The zero-order valence-corrected chi connectivity index (χ0v) is 12.3. The van der Waals surface area contributed by atoms with Crippen molar-refractivity contribution in [3.05, 3.63) is 47.1 Å². The maximum atomic E-state index is 12.9. The summed E-state index contributed by atoms with van der Waals surface area (Å²) in [6.07, 6.45) is 1.67. The molecule has 2 aromatic rings. The Balaban J connectivity index is 1.73. The van der Waals surface area contributed by atoms with Gasteiger partial charge in [-0.25, -0.2) is 4.39 Å². The first-order valence-corrected chi connectivity index (χ1v) is 7.76. The predicted molar refractivity (Wildman–Crippen MR) is 80.8 cm³/mol. The van der Waals surface area contributed by atoms with Gasteiger partial charge in [0.2, 0.25) is 0 Å². The van der Waals surface area contributed by atoms with E-state index in [9.17, 15) is 14.3 Å². The Morgan fingerprint density at radius 1 is 1.29 bits per heavy atom. The number of hydrogen-bond acceptors (Lipinski definition) is 3. The molecule has 1 aliphatic rings. The number of benzene rings is 1. The molecule has 3 rings (SSSR count). The zero-order valence-electron chi connectivity index (χ0n) is 11.5. The minimum atomic E-state index is -0.734. The van der Waals surface area contributed by atoms with E-state index in [4.69, 9.17) is 0 Å². The highest BCUT2D eigenvalue weighted by Gasteiger charge is 2.30. The summed E-state index contributed by atoms with van der Waals surface area (Å²) in [5.74, 6) is -0.972. The Labute approximate surface area is 126 Å². The quantitative estimate of drug-likeness (QED) is 0.938. The van der Waals surface area contributed by atoms with Crippen molar-refractivity contribution in [3.8, 4) is 10.4 Å². The molecule has 21 heavy (non-hydrogen) atoms. The van der Waals surface area contributed by atoms with E-state index in [-0.39, 0.29) is 11.9 Å². The molecule has 1 fully saturated rings. The van der Waals surface area contributed by atoms with Gasteiger partial charge < -0.3 is 5.11 Å². The minimum Gasteiger partial charge on any atom is -0.480 e. The topological polar surface area (TPSA) is 40.5 Å². The lowest BCUT2D eigenvalue weighted by Crippen LogP contribution is -2.35. The molecule has 1 aliphatic heterocycles. The summed E-state index contributed by atoms with van der Waals surface area (Å²) in [5.41, 5.74) is 0.990. The summed E-state index contributed by atoms with van der Waals surface area (Å²) < 4.78 is 12.9. The molecule has 0 saturated carbocycles. The number of carbonyl (C=O) groups is 1. The van der Waals surface area contributed by atoms with E-state index in [2.05, 4.69) is 0 Å². The third kappa shape index (κ3) is 3.14. The fraction of sp³-hybridized carbons (Fsp3) is 0.312. The first-order valence-electron chi connectivity index (χ1n) is 6.95. The van der Waals surface area contributed by atoms with Crippen molar-refractivity contribution in [2.75, 3.05) is 6.54 Å². The smallest absolute Gasteiger partial charge is 0.320 e. The summed E-state index contributed by atoms with van der Waals surface area (Å²) >= 11 is 1.64. The Morgan fingerprint density at radius 2 is 2.05 bits per heavy atom. The van der Waals surface area contributed by atoms with Crippen molar-refractivity contribution in [1.82, 2.24) is 4.90 Å². The van der Waals surface area contributed by atoms with Gasteiger partial charge in [0, 0.05) is 16.3 Å². The van der Waals surface area contributed by atoms with Crippen LogP contribution in [0, 0.1) is 5.82 Å². The van der Waals surface area contributed by atoms with Crippen molar-refractivity contribution >= 4 is 17.3 Å². The van der Waals surface area contributed by atoms with E-state index in [0.717, 1.165) is 34.7 Å². The molecule has 0 amide bonds. The van der Waals surface area contributed by atoms with Crippen LogP contribution in [0.4, 0.5) is 4.39 Å². The molecule has 0 aliphatic carbocycles. The first kappa shape index (κ1) is 14.2.